The Morgan fingerprint density at radius 2 is 2.28 bits per heavy atom. The Labute approximate surface area is 112 Å². The molecular formula is C11H13BrN2O4. The Hall–Kier alpha value is -1.63. The highest BCUT2D eigenvalue weighted by atomic mass is 79.9. The van der Waals surface area contributed by atoms with Crippen molar-refractivity contribution in [3.8, 4) is 0 Å². The van der Waals surface area contributed by atoms with Gasteiger partial charge in [0, 0.05) is 28.8 Å². The van der Waals surface area contributed by atoms with Gasteiger partial charge in [0.1, 0.15) is 0 Å². The van der Waals surface area contributed by atoms with Gasteiger partial charge < -0.3 is 10.4 Å². The molecule has 0 aliphatic rings. The normalized spacial score (nSPS) is 11.9. The molecule has 0 fully saturated rings. The van der Waals surface area contributed by atoms with E-state index in [1.807, 2.05) is 0 Å². The molecule has 1 rings (SSSR count). The first-order chi connectivity index (χ1) is 8.41. The van der Waals surface area contributed by atoms with Gasteiger partial charge in [0.05, 0.1) is 10.8 Å². The molecule has 0 amide bonds. The van der Waals surface area contributed by atoms with E-state index in [4.69, 9.17) is 5.11 Å². The Balaban J connectivity index is 2.58. The molecule has 0 aromatic heterocycles. The molecule has 1 atom stereocenters. The highest BCUT2D eigenvalue weighted by Gasteiger charge is 2.11. The smallest absolute Gasteiger partial charge is 0.306 e. The lowest BCUT2D eigenvalue weighted by Crippen LogP contribution is -2.14. The number of benzene rings is 1. The molecule has 18 heavy (non-hydrogen) atoms. The summed E-state index contributed by atoms with van der Waals surface area (Å²) in [6.45, 7) is 2.12. The second-order valence-electron chi connectivity index (χ2n) is 3.88. The third kappa shape index (κ3) is 3.99. The van der Waals surface area contributed by atoms with Crippen LogP contribution in [0, 0.1) is 16.0 Å². The maximum atomic E-state index is 10.6. The van der Waals surface area contributed by atoms with Crippen LogP contribution in [0.4, 0.5) is 11.4 Å². The summed E-state index contributed by atoms with van der Waals surface area (Å²) in [5.74, 6) is -1.26. The quantitative estimate of drug-likeness (QED) is 0.621. The second-order valence-corrected chi connectivity index (χ2v) is 4.73. The van der Waals surface area contributed by atoms with E-state index >= 15 is 0 Å². The van der Waals surface area contributed by atoms with Gasteiger partial charge in [0.25, 0.3) is 5.69 Å². The number of hydrogen-bond acceptors (Lipinski definition) is 4. The zero-order valence-electron chi connectivity index (χ0n) is 9.72. The van der Waals surface area contributed by atoms with Gasteiger partial charge in [-0.15, -0.1) is 0 Å². The van der Waals surface area contributed by atoms with Gasteiger partial charge >= 0.3 is 5.97 Å². The van der Waals surface area contributed by atoms with E-state index in [0.29, 0.717) is 23.1 Å². The number of carboxylic acids is 1. The molecule has 1 unspecified atom stereocenters. The number of nitro groups is 1. The van der Waals surface area contributed by atoms with Crippen LogP contribution in [-0.4, -0.2) is 22.5 Å². The molecule has 0 saturated carbocycles. The summed E-state index contributed by atoms with van der Waals surface area (Å²) in [4.78, 5) is 20.7. The Morgan fingerprint density at radius 3 is 2.78 bits per heavy atom. The standard InChI is InChI=1S/C11H13BrN2O4/c1-7(11(15)16)4-5-13-10-3-2-8(14(17)18)6-9(10)12/h2-3,6-7,13H,4-5H2,1H3,(H,15,16). The fraction of sp³-hybridized carbons (Fsp3) is 0.364. The Morgan fingerprint density at radius 1 is 1.61 bits per heavy atom. The van der Waals surface area contributed by atoms with Gasteiger partial charge in [0.2, 0.25) is 0 Å². The van der Waals surface area contributed by atoms with Crippen LogP contribution in [0.2, 0.25) is 0 Å². The van der Waals surface area contributed by atoms with Crippen LogP contribution in [0.5, 0.6) is 0 Å². The maximum absolute atomic E-state index is 10.6. The lowest BCUT2D eigenvalue weighted by molar-refractivity contribution is -0.384. The summed E-state index contributed by atoms with van der Waals surface area (Å²) in [5, 5.41) is 22.3. The minimum atomic E-state index is -0.834. The number of carboxylic acid groups (broad SMARTS) is 1. The van der Waals surface area contributed by atoms with Crippen LogP contribution in [0.25, 0.3) is 0 Å². The fourth-order valence-corrected chi connectivity index (χ4v) is 1.81. The van der Waals surface area contributed by atoms with Crippen molar-refractivity contribution in [3.05, 3.63) is 32.8 Å². The zero-order valence-corrected chi connectivity index (χ0v) is 11.3. The van der Waals surface area contributed by atoms with E-state index in [1.165, 1.54) is 12.1 Å². The van der Waals surface area contributed by atoms with Crippen LogP contribution < -0.4 is 5.32 Å². The van der Waals surface area contributed by atoms with Crippen LogP contribution in [-0.2, 0) is 4.79 Å². The van der Waals surface area contributed by atoms with Gasteiger partial charge in [-0.3, -0.25) is 14.9 Å². The summed E-state index contributed by atoms with van der Waals surface area (Å²) in [5.41, 5.74) is 0.713. The van der Waals surface area contributed by atoms with Gasteiger partial charge in [-0.05, 0) is 28.4 Å². The van der Waals surface area contributed by atoms with E-state index in [1.54, 1.807) is 13.0 Å². The van der Waals surface area contributed by atoms with Crippen LogP contribution in [0.1, 0.15) is 13.3 Å². The molecule has 0 aliphatic carbocycles. The molecule has 0 spiro atoms. The third-order valence-corrected chi connectivity index (χ3v) is 3.13. The molecule has 0 saturated heterocycles. The van der Waals surface area contributed by atoms with Crippen molar-refractivity contribution < 1.29 is 14.8 Å². The number of nitro benzene ring substituents is 1. The van der Waals surface area contributed by atoms with Crippen LogP contribution in [0.3, 0.4) is 0 Å². The average Bonchev–Trinajstić information content (AvgIpc) is 2.30. The van der Waals surface area contributed by atoms with E-state index < -0.39 is 16.8 Å². The second kappa shape index (κ2) is 6.34. The predicted molar refractivity (Wildman–Crippen MR) is 70.7 cm³/mol. The molecule has 1 aromatic rings. The van der Waals surface area contributed by atoms with Crippen LogP contribution >= 0.6 is 15.9 Å². The molecule has 7 heteroatoms. The molecule has 6 nitrogen and oxygen atoms in total. The number of nitrogens with one attached hydrogen (secondary N) is 1. The maximum Gasteiger partial charge on any atom is 0.306 e. The van der Waals surface area contributed by atoms with Gasteiger partial charge in [-0.25, -0.2) is 0 Å². The van der Waals surface area contributed by atoms with Crippen molar-refractivity contribution in [2.75, 3.05) is 11.9 Å². The molecular weight excluding hydrogens is 304 g/mol. The van der Waals surface area contributed by atoms with Crippen molar-refractivity contribution in [3.63, 3.8) is 0 Å². The summed E-state index contributed by atoms with van der Waals surface area (Å²) in [7, 11) is 0. The van der Waals surface area contributed by atoms with E-state index in [-0.39, 0.29) is 5.69 Å². The topological polar surface area (TPSA) is 92.5 Å². The number of halogens is 1. The summed E-state index contributed by atoms with van der Waals surface area (Å²) >= 11 is 3.23. The molecule has 0 radical (unpaired) electrons. The number of anilines is 1. The molecule has 0 aliphatic heterocycles. The zero-order chi connectivity index (χ0) is 13.7. The first-order valence-electron chi connectivity index (χ1n) is 5.32. The highest BCUT2D eigenvalue weighted by Crippen LogP contribution is 2.27. The molecule has 1 aromatic carbocycles. The van der Waals surface area contributed by atoms with E-state index in [9.17, 15) is 14.9 Å². The fourth-order valence-electron chi connectivity index (χ4n) is 1.31. The number of hydrogen-bond donors (Lipinski definition) is 2. The lowest BCUT2D eigenvalue weighted by Gasteiger charge is -2.10. The monoisotopic (exact) mass is 316 g/mol. The summed E-state index contributed by atoms with van der Waals surface area (Å²) in [6.07, 6.45) is 0.485. The largest absolute Gasteiger partial charge is 0.481 e. The lowest BCUT2D eigenvalue weighted by atomic mass is 10.1. The Bertz CT molecular complexity index is 464. The molecule has 2 N–H and O–H groups in total. The van der Waals surface area contributed by atoms with Crippen molar-refractivity contribution >= 4 is 33.3 Å². The first kappa shape index (κ1) is 14.4. The minimum absolute atomic E-state index is 0.00586. The third-order valence-electron chi connectivity index (χ3n) is 2.48. The van der Waals surface area contributed by atoms with Crippen molar-refractivity contribution in [2.24, 2.45) is 5.92 Å². The van der Waals surface area contributed by atoms with Gasteiger partial charge in [0.15, 0.2) is 0 Å². The van der Waals surface area contributed by atoms with E-state index in [0.717, 1.165) is 0 Å². The van der Waals surface area contributed by atoms with Crippen molar-refractivity contribution in [1.29, 1.82) is 0 Å². The van der Waals surface area contributed by atoms with Gasteiger partial charge in [-0.2, -0.15) is 0 Å². The number of nitrogens with zero attached hydrogens (tertiary/aromatic N) is 1. The predicted octanol–water partition coefficient (Wildman–Crippen LogP) is 2.88. The SMILES string of the molecule is CC(CCNc1ccc([N+](=O)[O-])cc1Br)C(=O)O. The van der Waals surface area contributed by atoms with Crippen molar-refractivity contribution in [2.45, 2.75) is 13.3 Å². The Kier molecular flexibility index (Phi) is 5.08. The highest BCUT2D eigenvalue weighted by molar-refractivity contribution is 9.10. The minimum Gasteiger partial charge on any atom is -0.481 e. The number of carbonyl (C=O) groups is 1. The van der Waals surface area contributed by atoms with Crippen LogP contribution in [0.15, 0.2) is 22.7 Å². The van der Waals surface area contributed by atoms with Crippen molar-refractivity contribution in [1.82, 2.24) is 0 Å². The number of rotatable bonds is 6. The molecule has 0 bridgehead atoms. The number of aliphatic carboxylic acids is 1. The van der Waals surface area contributed by atoms with E-state index in [2.05, 4.69) is 21.2 Å². The molecule has 98 valence electrons. The first-order valence-corrected chi connectivity index (χ1v) is 6.11. The summed E-state index contributed by atoms with van der Waals surface area (Å²) in [6, 6.07) is 4.39. The van der Waals surface area contributed by atoms with Gasteiger partial charge in [-0.1, -0.05) is 6.92 Å². The number of non-ortho nitro benzene ring substituents is 1. The molecule has 0 heterocycles. The average molecular weight is 317 g/mol. The summed E-state index contributed by atoms with van der Waals surface area (Å²) < 4.78 is 0.583.